The van der Waals surface area contributed by atoms with Crippen molar-refractivity contribution < 1.29 is 14.6 Å². The number of halogens is 1. The third-order valence-corrected chi connectivity index (χ3v) is 5.93. The fraction of sp³-hybridized carbons (Fsp3) is 0.269. The first-order valence-corrected chi connectivity index (χ1v) is 10.4. The SMILES string of the molecule is CC(C)c1cccc(-c2ccccc2Oc2ccc3c(c2)CC(N)(C(=O)O)CC3)c1.Cl. The van der Waals surface area contributed by atoms with E-state index in [2.05, 4.69) is 44.2 Å². The van der Waals surface area contributed by atoms with Gasteiger partial charge >= 0.3 is 5.97 Å². The predicted molar refractivity (Wildman–Crippen MR) is 126 cm³/mol. The Hall–Kier alpha value is -2.82. The van der Waals surface area contributed by atoms with Crippen LogP contribution in [0.3, 0.4) is 0 Å². The minimum absolute atomic E-state index is 0. The van der Waals surface area contributed by atoms with Gasteiger partial charge in [-0.05, 0) is 59.2 Å². The van der Waals surface area contributed by atoms with Gasteiger partial charge in [-0.1, -0.05) is 62.4 Å². The molecule has 1 atom stereocenters. The Balaban J connectivity index is 0.00000272. The first-order chi connectivity index (χ1) is 14.4. The summed E-state index contributed by atoms with van der Waals surface area (Å²) in [6.07, 6.45) is 1.43. The van der Waals surface area contributed by atoms with Crippen LogP contribution < -0.4 is 10.5 Å². The number of carbonyl (C=O) groups is 1. The molecule has 4 rings (SSSR count). The highest BCUT2D eigenvalue weighted by molar-refractivity contribution is 5.85. The van der Waals surface area contributed by atoms with Gasteiger partial charge in [-0.2, -0.15) is 0 Å². The minimum Gasteiger partial charge on any atom is -0.480 e. The maximum Gasteiger partial charge on any atom is 0.324 e. The maximum atomic E-state index is 11.6. The highest BCUT2D eigenvalue weighted by atomic mass is 35.5. The summed E-state index contributed by atoms with van der Waals surface area (Å²) in [6.45, 7) is 4.37. The predicted octanol–water partition coefficient (Wildman–Crippen LogP) is 5.96. The van der Waals surface area contributed by atoms with Crippen LogP contribution in [0, 0.1) is 0 Å². The van der Waals surface area contributed by atoms with Crippen LogP contribution >= 0.6 is 12.4 Å². The van der Waals surface area contributed by atoms with E-state index in [1.165, 1.54) is 5.56 Å². The number of fused-ring (bicyclic) bond motifs is 1. The molecule has 0 aliphatic heterocycles. The van der Waals surface area contributed by atoms with E-state index in [1.54, 1.807) is 0 Å². The zero-order chi connectivity index (χ0) is 21.3. The summed E-state index contributed by atoms with van der Waals surface area (Å²) in [4.78, 5) is 11.6. The summed E-state index contributed by atoms with van der Waals surface area (Å²) in [5.74, 6) is 0.960. The maximum absolute atomic E-state index is 11.6. The van der Waals surface area contributed by atoms with Gasteiger partial charge in [0.15, 0.2) is 0 Å². The van der Waals surface area contributed by atoms with Gasteiger partial charge in [0.1, 0.15) is 17.0 Å². The molecule has 0 heterocycles. The Morgan fingerprint density at radius 1 is 1.03 bits per heavy atom. The van der Waals surface area contributed by atoms with Crippen molar-refractivity contribution in [2.75, 3.05) is 0 Å². The van der Waals surface area contributed by atoms with E-state index in [9.17, 15) is 9.90 Å². The fourth-order valence-corrected chi connectivity index (χ4v) is 4.03. The molecule has 3 aromatic rings. The fourth-order valence-electron chi connectivity index (χ4n) is 4.03. The number of carboxylic acids is 1. The largest absolute Gasteiger partial charge is 0.480 e. The van der Waals surface area contributed by atoms with Gasteiger partial charge < -0.3 is 15.6 Å². The Morgan fingerprint density at radius 3 is 2.55 bits per heavy atom. The van der Waals surface area contributed by atoms with Gasteiger partial charge in [0.2, 0.25) is 0 Å². The van der Waals surface area contributed by atoms with E-state index in [0.29, 0.717) is 30.9 Å². The zero-order valence-electron chi connectivity index (χ0n) is 17.8. The highest BCUT2D eigenvalue weighted by Crippen LogP contribution is 2.36. The van der Waals surface area contributed by atoms with Crippen LogP contribution in [0.4, 0.5) is 0 Å². The number of carboxylic acid groups (broad SMARTS) is 1. The highest BCUT2D eigenvalue weighted by Gasteiger charge is 2.37. The van der Waals surface area contributed by atoms with Gasteiger partial charge in [-0.15, -0.1) is 12.4 Å². The summed E-state index contributed by atoms with van der Waals surface area (Å²) < 4.78 is 6.27. The number of ether oxygens (including phenoxy) is 1. The number of nitrogens with two attached hydrogens (primary N) is 1. The lowest BCUT2D eigenvalue weighted by Crippen LogP contribution is -2.52. The molecule has 1 unspecified atom stereocenters. The van der Waals surface area contributed by atoms with Crippen LogP contribution in [0.2, 0.25) is 0 Å². The summed E-state index contributed by atoms with van der Waals surface area (Å²) in [6, 6.07) is 22.4. The van der Waals surface area contributed by atoms with Gasteiger partial charge in [0.25, 0.3) is 0 Å². The van der Waals surface area contributed by atoms with Crippen LogP contribution in [0.15, 0.2) is 66.7 Å². The summed E-state index contributed by atoms with van der Waals surface area (Å²) >= 11 is 0. The molecule has 0 spiro atoms. The van der Waals surface area contributed by atoms with E-state index >= 15 is 0 Å². The normalized spacial score (nSPS) is 17.5. The molecule has 0 fully saturated rings. The van der Waals surface area contributed by atoms with Crippen molar-refractivity contribution >= 4 is 18.4 Å². The number of hydrogen-bond donors (Lipinski definition) is 2. The second-order valence-corrected chi connectivity index (χ2v) is 8.45. The van der Waals surface area contributed by atoms with E-state index in [1.807, 2.05) is 36.4 Å². The number of benzene rings is 3. The van der Waals surface area contributed by atoms with E-state index in [4.69, 9.17) is 10.5 Å². The average molecular weight is 438 g/mol. The van der Waals surface area contributed by atoms with Crippen LogP contribution in [0.5, 0.6) is 11.5 Å². The molecule has 0 radical (unpaired) electrons. The molecule has 3 N–H and O–H groups in total. The lowest BCUT2D eigenvalue weighted by atomic mass is 9.78. The van der Waals surface area contributed by atoms with Gasteiger partial charge in [-0.25, -0.2) is 0 Å². The number of aryl methyl sites for hydroxylation is 1. The summed E-state index contributed by atoms with van der Waals surface area (Å²) in [7, 11) is 0. The van der Waals surface area contributed by atoms with Crippen molar-refractivity contribution in [3.8, 4) is 22.6 Å². The molecule has 1 aliphatic carbocycles. The molecule has 0 aromatic heterocycles. The van der Waals surface area contributed by atoms with E-state index < -0.39 is 11.5 Å². The van der Waals surface area contributed by atoms with Crippen molar-refractivity contribution in [3.05, 3.63) is 83.4 Å². The molecule has 1 aliphatic rings. The smallest absolute Gasteiger partial charge is 0.324 e. The Bertz CT molecular complexity index is 1100. The summed E-state index contributed by atoms with van der Waals surface area (Å²) in [5, 5.41) is 9.50. The van der Waals surface area contributed by atoms with Crippen molar-refractivity contribution in [2.45, 2.75) is 44.6 Å². The van der Waals surface area contributed by atoms with Crippen molar-refractivity contribution in [1.82, 2.24) is 0 Å². The third kappa shape index (κ3) is 4.76. The molecule has 162 valence electrons. The molecule has 0 saturated heterocycles. The molecule has 3 aromatic carbocycles. The molecule has 31 heavy (non-hydrogen) atoms. The number of hydrogen-bond acceptors (Lipinski definition) is 3. The minimum atomic E-state index is -1.21. The molecular formula is C26H28ClNO3. The molecule has 0 amide bonds. The van der Waals surface area contributed by atoms with Crippen LogP contribution in [-0.2, 0) is 17.6 Å². The Kier molecular flexibility index (Phi) is 6.73. The van der Waals surface area contributed by atoms with Crippen molar-refractivity contribution in [2.24, 2.45) is 5.73 Å². The van der Waals surface area contributed by atoms with Crippen LogP contribution in [0.1, 0.15) is 42.9 Å². The van der Waals surface area contributed by atoms with E-state index in [-0.39, 0.29) is 12.4 Å². The third-order valence-electron chi connectivity index (χ3n) is 5.93. The lowest BCUT2D eigenvalue weighted by Gasteiger charge is -2.31. The average Bonchev–Trinajstić information content (AvgIpc) is 2.74. The van der Waals surface area contributed by atoms with Crippen molar-refractivity contribution in [1.29, 1.82) is 0 Å². The Morgan fingerprint density at radius 2 is 1.81 bits per heavy atom. The molecule has 5 heteroatoms. The van der Waals surface area contributed by atoms with Crippen molar-refractivity contribution in [3.63, 3.8) is 0 Å². The standard InChI is InChI=1S/C26H27NO3.ClH/c1-17(2)19-6-5-7-20(14-19)23-8-3-4-9-24(23)30-22-11-10-18-12-13-26(27,25(28)29)16-21(18)15-22;/h3-11,14-15,17H,12-13,16,27H2,1-2H3,(H,28,29);1H. The van der Waals surface area contributed by atoms with E-state index in [0.717, 1.165) is 28.0 Å². The number of aliphatic carboxylic acids is 1. The quantitative estimate of drug-likeness (QED) is 0.516. The zero-order valence-corrected chi connectivity index (χ0v) is 18.6. The van der Waals surface area contributed by atoms with Crippen LogP contribution in [0.25, 0.3) is 11.1 Å². The van der Waals surface area contributed by atoms with Gasteiger partial charge in [0.05, 0.1) is 0 Å². The Labute approximate surface area is 189 Å². The molecular weight excluding hydrogens is 410 g/mol. The second-order valence-electron chi connectivity index (χ2n) is 8.45. The van der Waals surface area contributed by atoms with Gasteiger partial charge in [-0.3, -0.25) is 4.79 Å². The first-order valence-electron chi connectivity index (χ1n) is 10.4. The monoisotopic (exact) mass is 437 g/mol. The van der Waals surface area contributed by atoms with Gasteiger partial charge in [0, 0.05) is 12.0 Å². The summed E-state index contributed by atoms with van der Waals surface area (Å²) in [5.41, 5.74) is 10.4. The number of para-hydroxylation sites is 1. The molecule has 0 saturated carbocycles. The second kappa shape index (κ2) is 9.13. The van der Waals surface area contributed by atoms with Crippen LogP contribution in [-0.4, -0.2) is 16.6 Å². The topological polar surface area (TPSA) is 72.5 Å². The molecule has 4 nitrogen and oxygen atoms in total. The molecule has 0 bridgehead atoms. The lowest BCUT2D eigenvalue weighted by molar-refractivity contribution is -0.143. The first kappa shape index (κ1) is 22.9. The number of rotatable bonds is 5.